The summed E-state index contributed by atoms with van der Waals surface area (Å²) in [6.07, 6.45) is 3.92. The van der Waals surface area contributed by atoms with Crippen molar-refractivity contribution in [3.63, 3.8) is 0 Å². The third kappa shape index (κ3) is 5.10. The number of nitrogens with zero attached hydrogens (tertiary/aromatic N) is 5. The van der Waals surface area contributed by atoms with Gasteiger partial charge in [0.05, 0.1) is 6.54 Å². The first kappa shape index (κ1) is 19.2. The molecule has 2 heterocycles. The summed E-state index contributed by atoms with van der Waals surface area (Å²) in [7, 11) is 0. The topological polar surface area (TPSA) is 58.3 Å². The average molecular weight is 420 g/mol. The smallest absolute Gasteiger partial charge is 0.193 e. The van der Waals surface area contributed by atoms with E-state index in [0.717, 1.165) is 50.9 Å². The van der Waals surface area contributed by atoms with Gasteiger partial charge in [0.1, 0.15) is 12.2 Å². The number of guanidine groups is 1. The number of hydrogen-bond donors (Lipinski definition) is 1. The van der Waals surface area contributed by atoms with Crippen LogP contribution in [0.15, 0.2) is 11.3 Å². The Hall–Kier alpha value is -0.860. The molecule has 0 saturated carbocycles. The molecule has 0 bridgehead atoms. The fourth-order valence-electron chi connectivity index (χ4n) is 2.72. The first-order valence-corrected chi connectivity index (χ1v) is 7.95. The van der Waals surface area contributed by atoms with E-state index in [4.69, 9.17) is 4.99 Å². The number of aliphatic imine (C=N–C) groups is 1. The lowest BCUT2D eigenvalue weighted by atomic mass is 9.93. The van der Waals surface area contributed by atoms with Gasteiger partial charge < -0.3 is 14.8 Å². The Morgan fingerprint density at radius 3 is 2.77 bits per heavy atom. The van der Waals surface area contributed by atoms with Crippen molar-refractivity contribution in [2.75, 3.05) is 26.2 Å². The Kier molecular flexibility index (Phi) is 7.58. The molecule has 22 heavy (non-hydrogen) atoms. The van der Waals surface area contributed by atoms with Gasteiger partial charge in [0, 0.05) is 32.6 Å². The summed E-state index contributed by atoms with van der Waals surface area (Å²) < 4.78 is 2.08. The molecule has 1 fully saturated rings. The van der Waals surface area contributed by atoms with Crippen molar-refractivity contribution in [2.24, 2.45) is 10.4 Å². The number of rotatable bonds is 5. The van der Waals surface area contributed by atoms with Crippen LogP contribution in [0.2, 0.25) is 0 Å². The predicted molar refractivity (Wildman–Crippen MR) is 101 cm³/mol. The normalized spacial score (nSPS) is 17.5. The van der Waals surface area contributed by atoms with E-state index in [1.807, 2.05) is 0 Å². The van der Waals surface area contributed by atoms with Crippen LogP contribution in [0.3, 0.4) is 0 Å². The molecule has 6 nitrogen and oxygen atoms in total. The largest absolute Gasteiger partial charge is 0.357 e. The van der Waals surface area contributed by atoms with E-state index in [9.17, 15) is 0 Å². The van der Waals surface area contributed by atoms with E-state index in [1.54, 1.807) is 6.33 Å². The Morgan fingerprint density at radius 2 is 2.18 bits per heavy atom. The molecule has 1 aliphatic rings. The third-order valence-corrected chi connectivity index (χ3v) is 3.93. The second kappa shape index (κ2) is 8.69. The standard InChI is InChI=1S/C15H28N6.HI/c1-5-13-19-18-12-21(13)10-8-17-14(16-6-2)20-9-7-15(3,4)11-20;/h12H,5-11H2,1-4H3,(H,16,17);1H. The van der Waals surface area contributed by atoms with Gasteiger partial charge in [-0.05, 0) is 18.8 Å². The monoisotopic (exact) mass is 420 g/mol. The summed E-state index contributed by atoms with van der Waals surface area (Å²) in [4.78, 5) is 7.14. The Labute approximate surface area is 150 Å². The van der Waals surface area contributed by atoms with Gasteiger partial charge in [-0.2, -0.15) is 0 Å². The summed E-state index contributed by atoms with van der Waals surface area (Å²) >= 11 is 0. The van der Waals surface area contributed by atoms with Crippen LogP contribution in [0.4, 0.5) is 0 Å². The molecule has 0 aliphatic carbocycles. The molecule has 1 aliphatic heterocycles. The van der Waals surface area contributed by atoms with Crippen LogP contribution >= 0.6 is 24.0 Å². The highest BCUT2D eigenvalue weighted by Crippen LogP contribution is 2.28. The van der Waals surface area contributed by atoms with Crippen molar-refractivity contribution in [1.29, 1.82) is 0 Å². The molecule has 7 heteroatoms. The molecule has 0 spiro atoms. The molecule has 1 saturated heterocycles. The molecule has 126 valence electrons. The van der Waals surface area contributed by atoms with Gasteiger partial charge in [-0.1, -0.05) is 20.8 Å². The van der Waals surface area contributed by atoms with Crippen LogP contribution in [-0.2, 0) is 13.0 Å². The maximum absolute atomic E-state index is 4.77. The number of aryl methyl sites for hydroxylation is 1. The number of aromatic nitrogens is 3. The molecular weight excluding hydrogens is 391 g/mol. The van der Waals surface area contributed by atoms with Crippen LogP contribution in [0.1, 0.15) is 39.9 Å². The second-order valence-electron chi connectivity index (χ2n) is 6.37. The molecule has 1 aromatic rings. The van der Waals surface area contributed by atoms with E-state index >= 15 is 0 Å². The van der Waals surface area contributed by atoms with Crippen LogP contribution in [0.25, 0.3) is 0 Å². The zero-order chi connectivity index (χ0) is 15.3. The van der Waals surface area contributed by atoms with Gasteiger partial charge in [0.15, 0.2) is 5.96 Å². The number of hydrogen-bond acceptors (Lipinski definition) is 3. The summed E-state index contributed by atoms with van der Waals surface area (Å²) in [5.41, 5.74) is 0.389. The highest BCUT2D eigenvalue weighted by Gasteiger charge is 2.30. The maximum atomic E-state index is 4.77. The van der Waals surface area contributed by atoms with Gasteiger partial charge in [-0.3, -0.25) is 4.99 Å². The predicted octanol–water partition coefficient (Wildman–Crippen LogP) is 2.16. The van der Waals surface area contributed by atoms with Gasteiger partial charge in [-0.25, -0.2) is 0 Å². The first-order chi connectivity index (χ1) is 10.1. The van der Waals surface area contributed by atoms with Crippen molar-refractivity contribution in [1.82, 2.24) is 25.0 Å². The van der Waals surface area contributed by atoms with Crippen molar-refractivity contribution in [2.45, 2.75) is 47.1 Å². The lowest BCUT2D eigenvalue weighted by Crippen LogP contribution is -2.41. The van der Waals surface area contributed by atoms with Crippen molar-refractivity contribution in [3.8, 4) is 0 Å². The summed E-state index contributed by atoms with van der Waals surface area (Å²) in [5, 5.41) is 11.5. The number of nitrogens with one attached hydrogen (secondary N) is 1. The van der Waals surface area contributed by atoms with Crippen molar-refractivity contribution in [3.05, 3.63) is 12.2 Å². The molecule has 0 aromatic carbocycles. The minimum atomic E-state index is 0. The van der Waals surface area contributed by atoms with Crippen molar-refractivity contribution >= 4 is 29.9 Å². The van der Waals surface area contributed by atoms with Crippen molar-refractivity contribution < 1.29 is 0 Å². The molecule has 0 atom stereocenters. The second-order valence-corrected chi connectivity index (χ2v) is 6.37. The number of likely N-dealkylation sites (tertiary alicyclic amines) is 1. The Morgan fingerprint density at radius 1 is 1.41 bits per heavy atom. The molecule has 0 amide bonds. The first-order valence-electron chi connectivity index (χ1n) is 7.95. The zero-order valence-corrected chi connectivity index (χ0v) is 16.5. The van der Waals surface area contributed by atoms with Gasteiger partial charge in [-0.15, -0.1) is 34.2 Å². The van der Waals surface area contributed by atoms with Crippen LogP contribution < -0.4 is 5.32 Å². The lowest BCUT2D eigenvalue weighted by molar-refractivity contribution is 0.370. The molecular formula is C15H29IN6. The van der Waals surface area contributed by atoms with E-state index in [1.165, 1.54) is 6.42 Å². The number of halogens is 1. The van der Waals surface area contributed by atoms with Crippen LogP contribution in [-0.4, -0.2) is 51.8 Å². The van der Waals surface area contributed by atoms with Crippen LogP contribution in [0.5, 0.6) is 0 Å². The maximum Gasteiger partial charge on any atom is 0.193 e. The molecule has 0 radical (unpaired) electrons. The summed E-state index contributed by atoms with van der Waals surface area (Å²) in [6.45, 7) is 13.5. The fourth-order valence-corrected chi connectivity index (χ4v) is 2.72. The minimum absolute atomic E-state index is 0. The van der Waals surface area contributed by atoms with E-state index < -0.39 is 0 Å². The van der Waals surface area contributed by atoms with E-state index in [0.29, 0.717) is 5.41 Å². The SMILES string of the molecule is CCNC(=NCCn1cnnc1CC)N1CCC(C)(C)C1.I. The Balaban J connectivity index is 0.00000242. The lowest BCUT2D eigenvalue weighted by Gasteiger charge is -2.23. The van der Waals surface area contributed by atoms with E-state index in [-0.39, 0.29) is 24.0 Å². The van der Waals surface area contributed by atoms with E-state index in [2.05, 4.69) is 52.7 Å². The highest BCUT2D eigenvalue weighted by molar-refractivity contribution is 14.0. The van der Waals surface area contributed by atoms with Gasteiger partial charge in [0.25, 0.3) is 0 Å². The summed E-state index contributed by atoms with van der Waals surface area (Å²) in [6, 6.07) is 0. The zero-order valence-electron chi connectivity index (χ0n) is 14.2. The average Bonchev–Trinajstić information content (AvgIpc) is 3.03. The Bertz CT molecular complexity index is 482. The molecule has 1 N–H and O–H groups in total. The molecule has 0 unspecified atom stereocenters. The van der Waals surface area contributed by atoms with Gasteiger partial charge >= 0.3 is 0 Å². The fraction of sp³-hybridized carbons (Fsp3) is 0.800. The molecule has 1 aromatic heterocycles. The summed E-state index contributed by atoms with van der Waals surface area (Å²) in [5.74, 6) is 2.06. The van der Waals surface area contributed by atoms with Gasteiger partial charge in [0.2, 0.25) is 0 Å². The third-order valence-electron chi connectivity index (χ3n) is 3.93. The highest BCUT2D eigenvalue weighted by atomic mass is 127. The quantitative estimate of drug-likeness (QED) is 0.451. The molecule has 2 rings (SSSR count). The van der Waals surface area contributed by atoms with Crippen LogP contribution in [0, 0.1) is 5.41 Å². The minimum Gasteiger partial charge on any atom is -0.357 e.